The quantitative estimate of drug-likeness (QED) is 0.764. The van der Waals surface area contributed by atoms with E-state index in [1.165, 1.54) is 6.42 Å². The standard InChI is InChI=1S/C17H25NO4S/c1-18(12-10-15-7-5-6-13-22-15)17(19)11-14-23(20,21)16-8-3-2-4-9-16/h2-4,8-9,15H,5-7,10-14H2,1H3. The van der Waals surface area contributed by atoms with Gasteiger partial charge in [0.05, 0.1) is 16.8 Å². The Morgan fingerprint density at radius 2 is 2.00 bits per heavy atom. The minimum absolute atomic E-state index is 0.0131. The predicted molar refractivity (Wildman–Crippen MR) is 89.0 cm³/mol. The summed E-state index contributed by atoms with van der Waals surface area (Å²) in [4.78, 5) is 14.0. The van der Waals surface area contributed by atoms with E-state index in [-0.39, 0.29) is 29.1 Å². The molecule has 1 amide bonds. The molecule has 2 rings (SSSR count). The normalized spacial score (nSPS) is 18.6. The fraction of sp³-hybridized carbons (Fsp3) is 0.588. The van der Waals surface area contributed by atoms with Crippen LogP contribution in [0.4, 0.5) is 0 Å². The number of hydrogen-bond acceptors (Lipinski definition) is 4. The van der Waals surface area contributed by atoms with Gasteiger partial charge in [0.15, 0.2) is 9.84 Å². The van der Waals surface area contributed by atoms with Crippen LogP contribution in [0.25, 0.3) is 0 Å². The first-order valence-electron chi connectivity index (χ1n) is 8.12. The molecule has 0 bridgehead atoms. The SMILES string of the molecule is CN(CCC1CCCCO1)C(=O)CCS(=O)(=O)c1ccccc1. The Morgan fingerprint density at radius 3 is 2.65 bits per heavy atom. The second-order valence-electron chi connectivity index (χ2n) is 5.97. The second kappa shape index (κ2) is 8.45. The molecular weight excluding hydrogens is 314 g/mol. The van der Waals surface area contributed by atoms with Gasteiger partial charge in [-0.25, -0.2) is 8.42 Å². The van der Waals surface area contributed by atoms with Gasteiger partial charge in [0, 0.05) is 26.6 Å². The lowest BCUT2D eigenvalue weighted by atomic mass is 10.1. The highest BCUT2D eigenvalue weighted by molar-refractivity contribution is 7.91. The molecule has 1 aromatic rings. The molecule has 0 aliphatic carbocycles. The molecule has 5 nitrogen and oxygen atoms in total. The molecule has 23 heavy (non-hydrogen) atoms. The maximum absolute atomic E-state index is 12.2. The van der Waals surface area contributed by atoms with Crippen LogP contribution < -0.4 is 0 Å². The van der Waals surface area contributed by atoms with Gasteiger partial charge in [0.2, 0.25) is 5.91 Å². The minimum Gasteiger partial charge on any atom is -0.378 e. The number of carbonyl (C=O) groups excluding carboxylic acids is 1. The topological polar surface area (TPSA) is 63.7 Å². The van der Waals surface area contributed by atoms with Crippen LogP contribution in [0.3, 0.4) is 0 Å². The van der Waals surface area contributed by atoms with Crippen molar-refractivity contribution in [3.8, 4) is 0 Å². The summed E-state index contributed by atoms with van der Waals surface area (Å²) in [7, 11) is -1.67. The number of hydrogen-bond donors (Lipinski definition) is 0. The molecule has 6 heteroatoms. The van der Waals surface area contributed by atoms with E-state index in [2.05, 4.69) is 0 Å². The monoisotopic (exact) mass is 339 g/mol. The first kappa shape index (κ1) is 17.9. The van der Waals surface area contributed by atoms with Crippen LogP contribution in [0.15, 0.2) is 35.2 Å². The van der Waals surface area contributed by atoms with Gasteiger partial charge in [-0.15, -0.1) is 0 Å². The van der Waals surface area contributed by atoms with E-state index in [9.17, 15) is 13.2 Å². The van der Waals surface area contributed by atoms with Gasteiger partial charge in [-0.3, -0.25) is 4.79 Å². The van der Waals surface area contributed by atoms with Crippen LogP contribution in [0.1, 0.15) is 32.1 Å². The van der Waals surface area contributed by atoms with Gasteiger partial charge in [0.1, 0.15) is 0 Å². The lowest BCUT2D eigenvalue weighted by molar-refractivity contribution is -0.129. The maximum Gasteiger partial charge on any atom is 0.223 e. The zero-order chi connectivity index (χ0) is 16.7. The molecule has 1 atom stereocenters. The number of rotatable bonds is 7. The highest BCUT2D eigenvalue weighted by Gasteiger charge is 2.19. The van der Waals surface area contributed by atoms with Gasteiger partial charge in [-0.05, 0) is 37.8 Å². The smallest absolute Gasteiger partial charge is 0.223 e. The third-order valence-corrected chi connectivity index (χ3v) is 5.91. The molecule has 1 heterocycles. The average molecular weight is 339 g/mol. The molecule has 1 saturated heterocycles. The van der Waals surface area contributed by atoms with Crippen molar-refractivity contribution in [3.63, 3.8) is 0 Å². The van der Waals surface area contributed by atoms with Crippen molar-refractivity contribution >= 4 is 15.7 Å². The third kappa shape index (κ3) is 5.62. The van der Waals surface area contributed by atoms with Crippen LogP contribution >= 0.6 is 0 Å². The fourth-order valence-electron chi connectivity index (χ4n) is 2.66. The average Bonchev–Trinajstić information content (AvgIpc) is 2.59. The Morgan fingerprint density at radius 1 is 1.26 bits per heavy atom. The molecule has 0 saturated carbocycles. The molecule has 1 aliphatic heterocycles. The van der Waals surface area contributed by atoms with Crippen molar-refractivity contribution in [3.05, 3.63) is 30.3 Å². The molecule has 0 spiro atoms. The van der Waals surface area contributed by atoms with E-state index in [0.29, 0.717) is 6.54 Å². The summed E-state index contributed by atoms with van der Waals surface area (Å²) in [6.07, 6.45) is 4.39. The number of carbonyl (C=O) groups is 1. The van der Waals surface area contributed by atoms with E-state index in [1.54, 1.807) is 42.3 Å². The molecule has 128 valence electrons. The first-order chi connectivity index (χ1) is 11.0. The Hall–Kier alpha value is -1.40. The Balaban J connectivity index is 1.77. The molecule has 0 N–H and O–H groups in total. The Bertz CT molecular complexity index is 594. The van der Waals surface area contributed by atoms with Crippen molar-refractivity contribution in [1.82, 2.24) is 4.90 Å². The minimum atomic E-state index is -3.40. The fourth-order valence-corrected chi connectivity index (χ4v) is 3.91. The first-order valence-corrected chi connectivity index (χ1v) is 9.77. The second-order valence-corrected chi connectivity index (χ2v) is 8.08. The van der Waals surface area contributed by atoms with Crippen molar-refractivity contribution < 1.29 is 17.9 Å². The molecule has 0 radical (unpaired) electrons. The van der Waals surface area contributed by atoms with Crippen molar-refractivity contribution in [2.45, 2.75) is 43.1 Å². The molecule has 1 aromatic carbocycles. The lowest BCUT2D eigenvalue weighted by Gasteiger charge is -2.25. The van der Waals surface area contributed by atoms with Gasteiger partial charge in [-0.2, -0.15) is 0 Å². The van der Waals surface area contributed by atoms with Gasteiger partial charge in [0.25, 0.3) is 0 Å². The zero-order valence-corrected chi connectivity index (χ0v) is 14.4. The van der Waals surface area contributed by atoms with Crippen molar-refractivity contribution in [2.24, 2.45) is 0 Å². The van der Waals surface area contributed by atoms with Crippen LogP contribution in [0, 0.1) is 0 Å². The summed E-state index contributed by atoms with van der Waals surface area (Å²) < 4.78 is 30.0. The van der Waals surface area contributed by atoms with Crippen LogP contribution in [0.5, 0.6) is 0 Å². The van der Waals surface area contributed by atoms with E-state index < -0.39 is 9.84 Å². The number of benzene rings is 1. The molecule has 1 aliphatic rings. The van der Waals surface area contributed by atoms with Gasteiger partial charge < -0.3 is 9.64 Å². The third-order valence-electron chi connectivity index (χ3n) is 4.17. The zero-order valence-electron chi connectivity index (χ0n) is 13.6. The summed E-state index contributed by atoms with van der Waals surface area (Å²) in [6, 6.07) is 8.26. The Labute approximate surface area is 138 Å². The Kier molecular flexibility index (Phi) is 6.59. The summed E-state index contributed by atoms with van der Waals surface area (Å²) in [5, 5.41) is 0. The van der Waals surface area contributed by atoms with Crippen molar-refractivity contribution in [1.29, 1.82) is 0 Å². The van der Waals surface area contributed by atoms with Gasteiger partial charge >= 0.3 is 0 Å². The highest BCUT2D eigenvalue weighted by Crippen LogP contribution is 2.16. The summed E-state index contributed by atoms with van der Waals surface area (Å²) >= 11 is 0. The number of nitrogens with zero attached hydrogens (tertiary/aromatic N) is 1. The number of sulfone groups is 1. The summed E-state index contributed by atoms with van der Waals surface area (Å²) in [5.74, 6) is -0.291. The van der Waals surface area contributed by atoms with Crippen LogP contribution in [-0.4, -0.2) is 51.3 Å². The van der Waals surface area contributed by atoms with E-state index >= 15 is 0 Å². The molecule has 1 unspecified atom stereocenters. The van der Waals surface area contributed by atoms with E-state index in [1.807, 2.05) is 0 Å². The van der Waals surface area contributed by atoms with Crippen LogP contribution in [0.2, 0.25) is 0 Å². The summed E-state index contributed by atoms with van der Waals surface area (Å²) in [5.41, 5.74) is 0. The molecule has 0 aromatic heterocycles. The summed E-state index contributed by atoms with van der Waals surface area (Å²) in [6.45, 7) is 1.41. The van der Waals surface area contributed by atoms with Gasteiger partial charge in [-0.1, -0.05) is 18.2 Å². The highest BCUT2D eigenvalue weighted by atomic mass is 32.2. The maximum atomic E-state index is 12.2. The largest absolute Gasteiger partial charge is 0.378 e. The van der Waals surface area contributed by atoms with E-state index in [4.69, 9.17) is 4.74 Å². The number of amides is 1. The van der Waals surface area contributed by atoms with Crippen molar-refractivity contribution in [2.75, 3.05) is 26.0 Å². The lowest BCUT2D eigenvalue weighted by Crippen LogP contribution is -2.32. The molecular formula is C17H25NO4S. The number of ether oxygens (including phenoxy) is 1. The van der Waals surface area contributed by atoms with E-state index in [0.717, 1.165) is 25.9 Å². The van der Waals surface area contributed by atoms with Crippen LogP contribution in [-0.2, 0) is 19.4 Å². The molecule has 1 fully saturated rings. The predicted octanol–water partition coefficient (Wildman–Crippen LogP) is 2.27.